The highest BCUT2D eigenvalue weighted by Crippen LogP contribution is 2.60. The molecule has 1 heterocycles. The second kappa shape index (κ2) is 4.40. The third-order valence-corrected chi connectivity index (χ3v) is 9.77. The Kier molecular flexibility index (Phi) is 2.65. The predicted molar refractivity (Wildman–Crippen MR) is 103 cm³/mol. The Hall–Kier alpha value is -1.86. The molecule has 0 N–H and O–H groups in total. The van der Waals surface area contributed by atoms with Crippen molar-refractivity contribution in [3.8, 4) is 11.1 Å². The molecule has 0 saturated heterocycles. The standard InChI is InChI=1S/C23H23Si/c1-23(2)14-15(13-20-22(23)24(20,3)4)21-18-11-7-5-9-16(18)17-10-6-8-12-19(17)21/h5-12,21H,14H2,1-4H3. The third kappa shape index (κ3) is 1.74. The Morgan fingerprint density at radius 3 is 2.00 bits per heavy atom. The van der Waals surface area contributed by atoms with E-state index in [-0.39, 0.29) is 0 Å². The quantitative estimate of drug-likeness (QED) is 0.559. The van der Waals surface area contributed by atoms with Gasteiger partial charge in [0.2, 0.25) is 0 Å². The summed E-state index contributed by atoms with van der Waals surface area (Å²) in [4.78, 5) is 0. The van der Waals surface area contributed by atoms with Gasteiger partial charge in [-0.25, -0.2) is 0 Å². The first kappa shape index (κ1) is 14.5. The van der Waals surface area contributed by atoms with Crippen molar-refractivity contribution in [2.24, 2.45) is 5.41 Å². The molecule has 1 radical (unpaired) electrons. The van der Waals surface area contributed by atoms with E-state index in [4.69, 9.17) is 0 Å². The fourth-order valence-electron chi connectivity index (χ4n) is 5.35. The van der Waals surface area contributed by atoms with Gasteiger partial charge in [-0.3, -0.25) is 0 Å². The van der Waals surface area contributed by atoms with Crippen molar-refractivity contribution in [2.45, 2.75) is 39.3 Å². The summed E-state index contributed by atoms with van der Waals surface area (Å²) in [6, 6.07) is 17.9. The summed E-state index contributed by atoms with van der Waals surface area (Å²) in [6.45, 7) is 9.87. The lowest BCUT2D eigenvalue weighted by Crippen LogP contribution is -2.21. The Morgan fingerprint density at radius 2 is 1.46 bits per heavy atom. The molecule has 0 nitrogen and oxygen atoms in total. The van der Waals surface area contributed by atoms with Gasteiger partial charge in [-0.2, -0.15) is 0 Å². The summed E-state index contributed by atoms with van der Waals surface area (Å²) in [5.41, 5.74) is 7.60. The van der Waals surface area contributed by atoms with Crippen molar-refractivity contribution in [1.29, 1.82) is 0 Å². The molecule has 0 saturated carbocycles. The molecule has 119 valence electrons. The van der Waals surface area contributed by atoms with Crippen LogP contribution in [-0.4, -0.2) is 8.07 Å². The minimum absolute atomic E-state index is 0.318. The van der Waals surface area contributed by atoms with E-state index in [2.05, 4.69) is 81.5 Å². The molecule has 0 amide bonds. The Morgan fingerprint density at radius 1 is 0.917 bits per heavy atom. The van der Waals surface area contributed by atoms with Gasteiger partial charge < -0.3 is 0 Å². The molecule has 0 spiro atoms. The summed E-state index contributed by atoms with van der Waals surface area (Å²) in [5, 5.41) is 3.37. The van der Waals surface area contributed by atoms with Crippen molar-refractivity contribution < 1.29 is 0 Å². The second-order valence-electron chi connectivity index (χ2n) is 8.69. The molecule has 1 heteroatoms. The monoisotopic (exact) mass is 327 g/mol. The van der Waals surface area contributed by atoms with E-state index in [9.17, 15) is 0 Å². The largest absolute Gasteiger partial charge is 0.108 e. The normalized spacial score (nSPS) is 22.6. The van der Waals surface area contributed by atoms with E-state index in [0.717, 1.165) is 6.42 Å². The molecular formula is C23H23Si. The van der Waals surface area contributed by atoms with Crippen LogP contribution in [0.15, 0.2) is 64.5 Å². The number of allylic oxidation sites excluding steroid dienone is 4. The van der Waals surface area contributed by atoms with E-state index < -0.39 is 8.07 Å². The lowest BCUT2D eigenvalue weighted by atomic mass is 9.75. The Labute approximate surface area is 145 Å². The van der Waals surface area contributed by atoms with Crippen LogP contribution in [0.25, 0.3) is 11.1 Å². The van der Waals surface area contributed by atoms with Crippen LogP contribution in [0.5, 0.6) is 0 Å². The van der Waals surface area contributed by atoms with E-state index in [0.29, 0.717) is 11.3 Å². The lowest BCUT2D eigenvalue weighted by molar-refractivity contribution is 0.452. The average Bonchev–Trinajstić information content (AvgIpc) is 2.97. The number of fused-ring (bicyclic) bond motifs is 3. The molecule has 0 atom stereocenters. The van der Waals surface area contributed by atoms with Crippen LogP contribution in [0.2, 0.25) is 13.1 Å². The highest BCUT2D eigenvalue weighted by Gasteiger charge is 2.55. The topological polar surface area (TPSA) is 0 Å². The van der Waals surface area contributed by atoms with Gasteiger partial charge in [-0.15, -0.1) is 0 Å². The molecule has 24 heavy (non-hydrogen) atoms. The van der Waals surface area contributed by atoms with Crippen molar-refractivity contribution >= 4 is 8.07 Å². The zero-order valence-corrected chi connectivity index (χ0v) is 15.9. The summed E-state index contributed by atoms with van der Waals surface area (Å²) < 4.78 is 0. The fraction of sp³-hybridized carbons (Fsp3) is 0.304. The highest BCUT2D eigenvalue weighted by atomic mass is 28.3. The van der Waals surface area contributed by atoms with Gasteiger partial charge in [-0.05, 0) is 45.7 Å². The van der Waals surface area contributed by atoms with Crippen molar-refractivity contribution in [3.05, 3.63) is 81.7 Å². The van der Waals surface area contributed by atoms with Crippen LogP contribution >= 0.6 is 0 Å². The molecule has 0 aromatic heterocycles. The Bertz CT molecular complexity index is 895. The van der Waals surface area contributed by atoms with Crippen LogP contribution in [0.3, 0.4) is 0 Å². The molecule has 0 fully saturated rings. The number of hydrogen-bond donors (Lipinski definition) is 0. The van der Waals surface area contributed by atoms with Crippen molar-refractivity contribution in [2.75, 3.05) is 0 Å². The maximum absolute atomic E-state index is 3.92. The molecule has 0 bridgehead atoms. The minimum atomic E-state index is -1.27. The smallest absolute Gasteiger partial charge is 0.0699 e. The van der Waals surface area contributed by atoms with Gasteiger partial charge >= 0.3 is 0 Å². The molecule has 1 aliphatic heterocycles. The van der Waals surface area contributed by atoms with Gasteiger partial charge in [0.1, 0.15) is 8.07 Å². The van der Waals surface area contributed by atoms with Crippen LogP contribution in [0.1, 0.15) is 37.3 Å². The van der Waals surface area contributed by atoms with Crippen molar-refractivity contribution in [3.63, 3.8) is 0 Å². The maximum atomic E-state index is 3.92. The predicted octanol–water partition coefficient (Wildman–Crippen LogP) is 6.06. The minimum Gasteiger partial charge on any atom is -0.0699 e. The summed E-state index contributed by atoms with van der Waals surface area (Å²) in [7, 11) is -1.27. The van der Waals surface area contributed by atoms with Gasteiger partial charge in [0.25, 0.3) is 0 Å². The van der Waals surface area contributed by atoms with Crippen LogP contribution in [0.4, 0.5) is 0 Å². The van der Waals surface area contributed by atoms with Crippen LogP contribution in [-0.2, 0) is 0 Å². The molecule has 5 rings (SSSR count). The third-order valence-electron chi connectivity index (χ3n) is 6.21. The Balaban J connectivity index is 1.70. The number of rotatable bonds is 1. The first-order valence-electron chi connectivity index (χ1n) is 8.98. The van der Waals surface area contributed by atoms with Gasteiger partial charge in [0.05, 0.1) is 0 Å². The molecule has 2 aliphatic carbocycles. The first-order valence-corrected chi connectivity index (χ1v) is 12.0. The molecule has 0 unspecified atom stereocenters. The maximum Gasteiger partial charge on any atom is 0.108 e. The second-order valence-corrected chi connectivity index (χ2v) is 12.9. The molecular weight excluding hydrogens is 304 g/mol. The van der Waals surface area contributed by atoms with Gasteiger partial charge in [-0.1, -0.05) is 85.9 Å². The van der Waals surface area contributed by atoms with E-state index in [1.807, 2.05) is 0 Å². The summed E-state index contributed by atoms with van der Waals surface area (Å²) in [6.07, 6.45) is 5.07. The molecule has 2 aromatic carbocycles. The lowest BCUT2D eigenvalue weighted by Gasteiger charge is -2.30. The fourth-order valence-corrected chi connectivity index (χ4v) is 9.69. The summed E-state index contributed by atoms with van der Waals surface area (Å²) >= 11 is 0. The van der Waals surface area contributed by atoms with Gasteiger partial charge in [0.15, 0.2) is 0 Å². The van der Waals surface area contributed by atoms with E-state index >= 15 is 0 Å². The van der Waals surface area contributed by atoms with Gasteiger partial charge in [0, 0.05) is 5.92 Å². The number of benzene rings is 2. The zero-order valence-electron chi connectivity index (χ0n) is 14.9. The number of hydrogen-bond acceptors (Lipinski definition) is 0. The average molecular weight is 328 g/mol. The summed E-state index contributed by atoms with van der Waals surface area (Å²) in [5.74, 6) is 0.399. The van der Waals surface area contributed by atoms with Crippen LogP contribution < -0.4 is 0 Å². The molecule has 3 aliphatic rings. The molecule has 2 aromatic rings. The highest BCUT2D eigenvalue weighted by molar-refractivity contribution is 7.01. The van der Waals surface area contributed by atoms with Crippen LogP contribution in [0, 0.1) is 11.5 Å². The van der Waals surface area contributed by atoms with Crippen molar-refractivity contribution in [1.82, 2.24) is 0 Å². The SMILES string of the molecule is CC1(C)CC(C2c3ccccc3-c3ccccc32)=[C]C2=C1[Si]2(C)C. The first-order chi connectivity index (χ1) is 11.4. The van der Waals surface area contributed by atoms with E-state index in [1.165, 1.54) is 27.8 Å². The zero-order chi connectivity index (χ0) is 16.7. The van der Waals surface area contributed by atoms with E-state index in [1.54, 1.807) is 10.4 Å².